The fourth-order valence-corrected chi connectivity index (χ4v) is 4.21. The summed E-state index contributed by atoms with van der Waals surface area (Å²) < 4.78 is 0. The normalized spacial score (nSPS) is 24.8. The standard InChI is InChI=1S/C21H30N4O3/c22-20(23)15-9-7-14(8-10-15)13-24-21(28)17-5-3-11-25(17)19(27)12-16-4-1-2-6-18(16)26/h7-10,16-18,26H,1-6,11-13H2,(H3,22,23)(H,24,28)/t16-,17+,18?/m1/s1. The minimum atomic E-state index is -0.426. The first-order chi connectivity index (χ1) is 13.5. The molecule has 1 aliphatic carbocycles. The van der Waals surface area contributed by atoms with E-state index in [9.17, 15) is 14.7 Å². The van der Waals surface area contributed by atoms with Crippen molar-refractivity contribution in [2.45, 2.75) is 63.6 Å². The number of nitrogens with two attached hydrogens (primary N) is 1. The Morgan fingerprint density at radius 2 is 1.86 bits per heavy atom. The highest BCUT2D eigenvalue weighted by atomic mass is 16.3. The third-order valence-corrected chi connectivity index (χ3v) is 5.91. The zero-order valence-corrected chi connectivity index (χ0v) is 16.2. The predicted octanol–water partition coefficient (Wildman–Crippen LogP) is 1.52. The number of rotatable bonds is 6. The second-order valence-electron chi connectivity index (χ2n) is 7.89. The number of aliphatic hydroxyl groups excluding tert-OH is 1. The van der Waals surface area contributed by atoms with Gasteiger partial charge in [-0.2, -0.15) is 0 Å². The Bertz CT molecular complexity index is 719. The topological polar surface area (TPSA) is 120 Å². The van der Waals surface area contributed by atoms with Gasteiger partial charge in [0.1, 0.15) is 11.9 Å². The van der Waals surface area contributed by atoms with E-state index >= 15 is 0 Å². The molecule has 0 bridgehead atoms. The van der Waals surface area contributed by atoms with Crippen molar-refractivity contribution in [3.05, 3.63) is 35.4 Å². The number of hydrogen-bond donors (Lipinski definition) is 4. The van der Waals surface area contributed by atoms with Crippen molar-refractivity contribution in [3.63, 3.8) is 0 Å². The summed E-state index contributed by atoms with van der Waals surface area (Å²) in [5, 5.41) is 20.5. The van der Waals surface area contributed by atoms with E-state index in [1.165, 1.54) is 0 Å². The maximum absolute atomic E-state index is 12.8. The molecule has 1 unspecified atom stereocenters. The Hall–Kier alpha value is -2.41. The largest absolute Gasteiger partial charge is 0.393 e. The Balaban J connectivity index is 1.53. The lowest BCUT2D eigenvalue weighted by Gasteiger charge is -2.30. The van der Waals surface area contributed by atoms with Crippen LogP contribution >= 0.6 is 0 Å². The van der Waals surface area contributed by atoms with Crippen LogP contribution < -0.4 is 11.1 Å². The molecule has 3 rings (SSSR count). The van der Waals surface area contributed by atoms with Crippen molar-refractivity contribution in [3.8, 4) is 0 Å². The number of amidine groups is 1. The zero-order valence-electron chi connectivity index (χ0n) is 16.2. The van der Waals surface area contributed by atoms with E-state index in [0.29, 0.717) is 31.5 Å². The van der Waals surface area contributed by atoms with Crippen LogP contribution in [0, 0.1) is 11.3 Å². The third kappa shape index (κ3) is 4.90. The van der Waals surface area contributed by atoms with Gasteiger partial charge >= 0.3 is 0 Å². The number of hydrogen-bond acceptors (Lipinski definition) is 4. The predicted molar refractivity (Wildman–Crippen MR) is 107 cm³/mol. The Morgan fingerprint density at radius 1 is 1.14 bits per heavy atom. The molecule has 152 valence electrons. The summed E-state index contributed by atoms with van der Waals surface area (Å²) in [5.74, 6) is -0.121. The van der Waals surface area contributed by atoms with Crippen molar-refractivity contribution in [1.29, 1.82) is 5.41 Å². The summed E-state index contributed by atoms with van der Waals surface area (Å²) in [7, 11) is 0. The molecule has 7 heteroatoms. The van der Waals surface area contributed by atoms with Gasteiger partial charge in [0.25, 0.3) is 0 Å². The van der Waals surface area contributed by atoms with Crippen LogP contribution in [-0.2, 0) is 16.1 Å². The second kappa shape index (κ2) is 9.19. The average Bonchev–Trinajstić information content (AvgIpc) is 3.18. The van der Waals surface area contributed by atoms with Crippen molar-refractivity contribution < 1.29 is 14.7 Å². The van der Waals surface area contributed by atoms with Gasteiger partial charge in [-0.15, -0.1) is 0 Å². The highest BCUT2D eigenvalue weighted by molar-refractivity contribution is 5.94. The van der Waals surface area contributed by atoms with E-state index in [1.807, 2.05) is 12.1 Å². The summed E-state index contributed by atoms with van der Waals surface area (Å²) in [6, 6.07) is 6.75. The maximum Gasteiger partial charge on any atom is 0.243 e. The van der Waals surface area contributed by atoms with Crippen LogP contribution in [0.2, 0.25) is 0 Å². The number of nitrogen functional groups attached to an aromatic ring is 1. The summed E-state index contributed by atoms with van der Waals surface area (Å²) in [4.78, 5) is 27.1. The van der Waals surface area contributed by atoms with Gasteiger partial charge in [0, 0.05) is 25.1 Å². The molecule has 2 fully saturated rings. The molecule has 1 heterocycles. The van der Waals surface area contributed by atoms with E-state index < -0.39 is 12.1 Å². The van der Waals surface area contributed by atoms with Crippen molar-refractivity contribution in [1.82, 2.24) is 10.2 Å². The summed E-state index contributed by atoms with van der Waals surface area (Å²) in [5.41, 5.74) is 7.01. The molecule has 28 heavy (non-hydrogen) atoms. The van der Waals surface area contributed by atoms with Gasteiger partial charge in [-0.05, 0) is 37.2 Å². The average molecular weight is 386 g/mol. The fraction of sp³-hybridized carbons (Fsp3) is 0.571. The minimum Gasteiger partial charge on any atom is -0.393 e. The van der Waals surface area contributed by atoms with E-state index in [4.69, 9.17) is 11.1 Å². The first kappa shape index (κ1) is 20.3. The molecule has 0 aromatic heterocycles. The number of nitrogens with one attached hydrogen (secondary N) is 2. The van der Waals surface area contributed by atoms with Crippen LogP contribution in [0.5, 0.6) is 0 Å². The van der Waals surface area contributed by atoms with Crippen molar-refractivity contribution in [2.75, 3.05) is 6.54 Å². The van der Waals surface area contributed by atoms with E-state index in [1.54, 1.807) is 17.0 Å². The first-order valence-electron chi connectivity index (χ1n) is 10.1. The molecule has 1 saturated heterocycles. The molecular formula is C21H30N4O3. The molecule has 1 aliphatic heterocycles. The number of amides is 2. The summed E-state index contributed by atoms with van der Waals surface area (Å²) in [6.07, 6.45) is 5.16. The Morgan fingerprint density at radius 3 is 2.54 bits per heavy atom. The zero-order chi connectivity index (χ0) is 20.1. The number of carbonyl (C=O) groups excluding carboxylic acids is 2. The fourth-order valence-electron chi connectivity index (χ4n) is 4.21. The van der Waals surface area contributed by atoms with Gasteiger partial charge in [-0.25, -0.2) is 0 Å². The van der Waals surface area contributed by atoms with Gasteiger partial charge in [-0.1, -0.05) is 37.1 Å². The van der Waals surface area contributed by atoms with Crippen LogP contribution in [0.25, 0.3) is 0 Å². The number of aliphatic hydroxyl groups is 1. The van der Waals surface area contributed by atoms with Gasteiger partial charge in [0.2, 0.25) is 11.8 Å². The van der Waals surface area contributed by atoms with E-state index in [-0.39, 0.29) is 23.6 Å². The SMILES string of the molecule is N=C(N)c1ccc(CNC(=O)[C@@H]2CCCN2C(=O)C[C@H]2CCCCC2O)cc1. The molecule has 2 amide bonds. The highest BCUT2D eigenvalue weighted by Crippen LogP contribution is 2.29. The van der Waals surface area contributed by atoms with Gasteiger partial charge < -0.3 is 21.1 Å². The highest BCUT2D eigenvalue weighted by Gasteiger charge is 2.36. The molecule has 7 nitrogen and oxygen atoms in total. The first-order valence-corrected chi connectivity index (χ1v) is 10.1. The van der Waals surface area contributed by atoms with Crippen molar-refractivity contribution in [2.24, 2.45) is 11.7 Å². The number of benzene rings is 1. The summed E-state index contributed by atoms with van der Waals surface area (Å²) in [6.45, 7) is 0.976. The van der Waals surface area contributed by atoms with Crippen LogP contribution in [-0.4, -0.2) is 46.3 Å². The molecule has 0 spiro atoms. The minimum absolute atomic E-state index is 0.0128. The number of carbonyl (C=O) groups is 2. The van der Waals surface area contributed by atoms with Crippen LogP contribution in [0.1, 0.15) is 56.1 Å². The third-order valence-electron chi connectivity index (χ3n) is 5.91. The lowest BCUT2D eigenvalue weighted by molar-refractivity contribution is -0.140. The van der Waals surface area contributed by atoms with Crippen molar-refractivity contribution >= 4 is 17.6 Å². The smallest absolute Gasteiger partial charge is 0.243 e. The number of nitrogens with zero attached hydrogens (tertiary/aromatic N) is 1. The Kier molecular flexibility index (Phi) is 6.67. The van der Waals surface area contributed by atoms with E-state index in [0.717, 1.165) is 37.7 Å². The Labute approximate surface area is 165 Å². The molecule has 3 atom stereocenters. The molecule has 5 N–H and O–H groups in total. The molecule has 1 aromatic carbocycles. The number of likely N-dealkylation sites (tertiary alicyclic amines) is 1. The lowest BCUT2D eigenvalue weighted by Crippen LogP contribution is -2.46. The lowest BCUT2D eigenvalue weighted by atomic mass is 9.84. The van der Waals surface area contributed by atoms with Gasteiger partial charge in [0.15, 0.2) is 0 Å². The maximum atomic E-state index is 12.8. The quantitative estimate of drug-likeness (QED) is 0.438. The molecule has 1 aromatic rings. The van der Waals surface area contributed by atoms with E-state index in [2.05, 4.69) is 5.32 Å². The second-order valence-corrected chi connectivity index (χ2v) is 7.89. The van der Waals surface area contributed by atoms with Crippen LogP contribution in [0.4, 0.5) is 0 Å². The molecular weight excluding hydrogens is 356 g/mol. The van der Waals surface area contributed by atoms with Gasteiger partial charge in [-0.3, -0.25) is 15.0 Å². The van der Waals surface area contributed by atoms with Crippen LogP contribution in [0.3, 0.4) is 0 Å². The van der Waals surface area contributed by atoms with Gasteiger partial charge in [0.05, 0.1) is 6.10 Å². The molecule has 0 radical (unpaired) electrons. The monoisotopic (exact) mass is 386 g/mol. The molecule has 1 saturated carbocycles. The molecule has 2 aliphatic rings. The van der Waals surface area contributed by atoms with Crippen LogP contribution in [0.15, 0.2) is 24.3 Å². The summed E-state index contributed by atoms with van der Waals surface area (Å²) >= 11 is 0.